The molecule has 1 heterocycles. The van der Waals surface area contributed by atoms with E-state index in [1.165, 1.54) is 0 Å². The van der Waals surface area contributed by atoms with E-state index >= 15 is 0 Å². The maximum absolute atomic E-state index is 13.1. The average Bonchev–Trinajstić information content (AvgIpc) is 2.30. The zero-order chi connectivity index (χ0) is 20.3. The number of halogens is 2. The number of nitrogens with one attached hydrogen (secondary N) is 1. The standard InChI is InChI=1S/C7H15Cl2N2O2P/c8-2-5-11(6-3-9)14(12)10-4-1-7-13-14/h1-7H2,(H,10,12)/i1D2,2D2,3D2,5D2,7D2/hD. The van der Waals surface area contributed by atoms with Crippen molar-refractivity contribution in [2.75, 3.05) is 37.8 Å². The fourth-order valence-electron chi connectivity index (χ4n) is 0.701. The number of alkyl halides is 2. The first-order valence-corrected chi connectivity index (χ1v) is 5.70. The van der Waals surface area contributed by atoms with E-state index in [4.69, 9.17) is 38.3 Å². The van der Waals surface area contributed by atoms with Gasteiger partial charge in [-0.3, -0.25) is 4.57 Å². The van der Waals surface area contributed by atoms with Crippen LogP contribution in [-0.4, -0.2) is 42.5 Å². The van der Waals surface area contributed by atoms with E-state index in [2.05, 4.69) is 4.52 Å². The highest BCUT2D eigenvalue weighted by Crippen LogP contribution is 2.47. The van der Waals surface area contributed by atoms with Crippen molar-refractivity contribution in [3.8, 4) is 0 Å². The van der Waals surface area contributed by atoms with E-state index in [-0.39, 0.29) is 9.75 Å². The van der Waals surface area contributed by atoms with Crippen LogP contribution in [0.4, 0.5) is 0 Å². The lowest BCUT2D eigenvalue weighted by Gasteiger charge is -2.33. The molecule has 14 heavy (non-hydrogen) atoms. The van der Waals surface area contributed by atoms with Crippen LogP contribution in [0.1, 0.15) is 20.1 Å². The fourth-order valence-corrected chi connectivity index (χ4v) is 2.23. The van der Waals surface area contributed by atoms with Gasteiger partial charge in [0.15, 0.2) is 0 Å². The molecule has 1 aliphatic rings. The summed E-state index contributed by atoms with van der Waals surface area (Å²) in [4.78, 5) is 0. The summed E-state index contributed by atoms with van der Waals surface area (Å²) < 4.78 is 100. The Kier molecular flexibility index (Phi) is 1.88. The minimum Gasteiger partial charge on any atom is -0.306 e. The smallest absolute Gasteiger partial charge is 0.306 e. The second-order valence-electron chi connectivity index (χ2n) is 2.06. The summed E-state index contributed by atoms with van der Waals surface area (Å²) in [6.45, 7) is -9.09. The largest absolute Gasteiger partial charge is 0.343 e. The topological polar surface area (TPSA) is 41.6 Å². The van der Waals surface area contributed by atoms with Crippen molar-refractivity contribution < 1.29 is 24.2 Å². The van der Waals surface area contributed by atoms with E-state index in [1.54, 1.807) is 0 Å². The molecule has 0 aliphatic carbocycles. The molecule has 1 unspecified atom stereocenters. The second kappa shape index (κ2) is 6.31. The lowest BCUT2D eigenvalue weighted by molar-refractivity contribution is 0.233. The van der Waals surface area contributed by atoms with Crippen LogP contribution in [-0.2, 0) is 9.09 Å². The van der Waals surface area contributed by atoms with Crippen LogP contribution < -0.4 is 5.08 Å². The predicted molar refractivity (Wildman–Crippen MR) is 59.2 cm³/mol. The van der Waals surface area contributed by atoms with Gasteiger partial charge in [-0.2, -0.15) is 0 Å². The number of rotatable bonds is 5. The quantitative estimate of drug-likeness (QED) is 0.613. The van der Waals surface area contributed by atoms with Crippen molar-refractivity contribution >= 4 is 30.9 Å². The van der Waals surface area contributed by atoms with Crippen LogP contribution in [0.25, 0.3) is 0 Å². The lowest BCUT2D eigenvalue weighted by Crippen LogP contribution is -2.35. The molecule has 1 aliphatic heterocycles. The molecule has 0 amide bonds. The van der Waals surface area contributed by atoms with Crippen molar-refractivity contribution in [1.82, 2.24) is 9.75 Å². The molecule has 1 N–H and O–H groups in total. The molecule has 7 heteroatoms. The van der Waals surface area contributed by atoms with Crippen LogP contribution in [0.2, 0.25) is 1.41 Å². The van der Waals surface area contributed by atoms with Crippen molar-refractivity contribution in [2.45, 2.75) is 6.37 Å². The van der Waals surface area contributed by atoms with E-state index in [0.717, 1.165) is 0 Å². The first-order valence-electron chi connectivity index (χ1n) is 8.86. The summed E-state index contributed by atoms with van der Waals surface area (Å²) in [6.07, 6.45) is -2.80. The molecule has 0 aromatic rings. The SMILES string of the molecule is [2H]N1CC([2H])([2H])C([2H])([2H])OP1(=O)N(CC([2H])([2H])Cl)C([2H])([2H])C([2H])([2H])Cl. The van der Waals surface area contributed by atoms with Crippen LogP contribution in [0.5, 0.6) is 0 Å². The Balaban J connectivity index is 3.51. The van der Waals surface area contributed by atoms with Crippen LogP contribution in [0.15, 0.2) is 0 Å². The molecule has 0 spiro atoms. The summed E-state index contributed by atoms with van der Waals surface area (Å²) in [7, 11) is -5.14. The Bertz CT molecular complexity index is 566. The van der Waals surface area contributed by atoms with Crippen LogP contribution in [0.3, 0.4) is 0 Å². The summed E-state index contributed by atoms with van der Waals surface area (Å²) >= 11 is 10.7. The zero-order valence-corrected chi connectivity index (χ0v) is 9.23. The summed E-state index contributed by atoms with van der Waals surface area (Å²) in [5.41, 5.74) is 0. The first kappa shape index (κ1) is 4.17. The second-order valence-corrected chi connectivity index (χ2v) is 4.44. The molecule has 1 fully saturated rings. The highest BCUT2D eigenvalue weighted by atomic mass is 35.5. The van der Waals surface area contributed by atoms with E-state index in [0.29, 0.717) is 0 Å². The molecule has 0 aromatic carbocycles. The molecule has 4 nitrogen and oxygen atoms in total. The number of hydrogen-bond acceptors (Lipinski definition) is 2. The fraction of sp³-hybridized carbons (Fsp3) is 1.00. The maximum atomic E-state index is 13.1. The molecule has 0 aromatic heterocycles. The highest BCUT2D eigenvalue weighted by molar-refractivity contribution is 7.54. The van der Waals surface area contributed by atoms with Gasteiger partial charge in [0, 0.05) is 42.2 Å². The summed E-state index contributed by atoms with van der Waals surface area (Å²) in [5, 5.41) is -0.0859. The van der Waals surface area contributed by atoms with Gasteiger partial charge < -0.3 is 4.52 Å². The minimum absolute atomic E-state index is 0.0859. The van der Waals surface area contributed by atoms with Crippen molar-refractivity contribution in [3.05, 3.63) is 0 Å². The number of hydrogen-bond donors (Lipinski definition) is 1. The molecular weight excluding hydrogens is 246 g/mol. The first-order chi connectivity index (χ1) is 10.7. The van der Waals surface area contributed by atoms with Gasteiger partial charge in [-0.05, 0) is 6.37 Å². The maximum Gasteiger partial charge on any atom is 0.343 e. The molecular formula is C7H15Cl2N2O2P. The Morgan fingerprint density at radius 2 is 2.50 bits per heavy atom. The van der Waals surface area contributed by atoms with Crippen LogP contribution in [0, 0.1) is 0 Å². The Morgan fingerprint density at radius 1 is 1.71 bits per heavy atom. The summed E-state index contributed by atoms with van der Waals surface area (Å²) in [6, 6.07) is 0. The normalized spacial score (nSPS) is 51.5. The van der Waals surface area contributed by atoms with Gasteiger partial charge in [0.25, 0.3) is 0 Å². The van der Waals surface area contributed by atoms with Crippen molar-refractivity contribution in [2.24, 2.45) is 0 Å². The van der Waals surface area contributed by atoms with Gasteiger partial charge in [-0.15, -0.1) is 23.2 Å². The van der Waals surface area contributed by atoms with E-state index in [1.807, 2.05) is 0 Å². The lowest BCUT2D eigenvalue weighted by atomic mass is 10.5. The van der Waals surface area contributed by atoms with Crippen molar-refractivity contribution in [3.63, 3.8) is 0 Å². The third kappa shape index (κ3) is 3.37. The summed E-state index contributed by atoms with van der Waals surface area (Å²) in [5.74, 6) is -6.04. The molecule has 84 valence electrons. The van der Waals surface area contributed by atoms with Gasteiger partial charge in [-0.25, -0.2) is 9.75 Å². The highest BCUT2D eigenvalue weighted by Gasteiger charge is 2.32. The van der Waals surface area contributed by atoms with Gasteiger partial charge >= 0.3 is 7.67 Å². The zero-order valence-electron chi connectivity index (χ0n) is 17.8. The molecule has 1 saturated heterocycles. The monoisotopic (exact) mass is 271 g/mol. The number of nitrogens with zero attached hydrogens (tertiary/aromatic N) is 1. The Hall–Kier alpha value is 0.690. The van der Waals surface area contributed by atoms with Crippen LogP contribution >= 0.6 is 30.9 Å². The predicted octanol–water partition coefficient (Wildman–Crippen LogP) is 1.88. The van der Waals surface area contributed by atoms with E-state index < -0.39 is 51.9 Å². The van der Waals surface area contributed by atoms with Gasteiger partial charge in [-0.1, -0.05) is 0 Å². The minimum atomic E-state index is -5.14. The molecule has 1 rings (SSSR count). The third-order valence-corrected chi connectivity index (χ3v) is 3.13. The molecule has 0 bridgehead atoms. The van der Waals surface area contributed by atoms with E-state index in [9.17, 15) is 4.57 Å². The Morgan fingerprint density at radius 3 is 3.14 bits per heavy atom. The molecule has 1 atom stereocenters. The average molecular weight is 272 g/mol. The van der Waals surface area contributed by atoms with Crippen molar-refractivity contribution in [1.29, 1.82) is 0 Å². The van der Waals surface area contributed by atoms with Gasteiger partial charge in [0.05, 0.1) is 9.30 Å². The van der Waals surface area contributed by atoms with Gasteiger partial charge in [0.2, 0.25) is 0 Å². The molecule has 0 radical (unpaired) electrons. The third-order valence-electron chi connectivity index (χ3n) is 1.25. The Labute approximate surface area is 110 Å². The van der Waals surface area contributed by atoms with Gasteiger partial charge in [0.1, 0.15) is 1.41 Å². The molecule has 0 saturated carbocycles.